The summed E-state index contributed by atoms with van der Waals surface area (Å²) in [5.41, 5.74) is 11.8. The van der Waals surface area contributed by atoms with E-state index in [4.69, 9.17) is 5.11 Å². The van der Waals surface area contributed by atoms with Crippen LogP contribution in [0.3, 0.4) is 0 Å². The van der Waals surface area contributed by atoms with Crippen molar-refractivity contribution in [3.63, 3.8) is 0 Å². The molecule has 2 fully saturated rings. The molecule has 6 aromatic rings. The summed E-state index contributed by atoms with van der Waals surface area (Å²) in [6, 6.07) is 40.8. The standard InChI is InChI=1S/C22H21N3O.C12H13N3.C10H10O2/c26-22(18-13-17(18)15-7-3-1-4-8-15)25-12-11-20-19(14-25)21(24-23-20)16-9-5-2-6-10-16;1-2-4-9(5-3-1)12-10-8-13-7-6-11(10)14-15-12;11-10(12)9-6-8(9)7-4-2-1-3-5-7/h1-10,17-18H,11-14H2,(H,23,24);1-5,13H,6-8H2,(H,14,15);1-5,8-9H,6H2,(H,11,12)/t17-,18+;;8?,9-/m0.0/s1. The number of carbonyl (C=O) groups excluding carboxylic acids is 1. The van der Waals surface area contributed by atoms with Crippen molar-refractivity contribution in [1.29, 1.82) is 0 Å². The molecule has 2 aliphatic carbocycles. The SMILES string of the molecule is O=C(O)[C@H]1CC1c1ccccc1.O=C([C@@H]1C[C@H]1c1ccccc1)N1CCc2[nH]nc(-c3ccccc3)c2C1.c1ccc(-c2n[nH]c3c2CNCC3)cc1. The van der Waals surface area contributed by atoms with Gasteiger partial charge in [-0.25, -0.2) is 0 Å². The molecule has 10 rings (SSSR count). The van der Waals surface area contributed by atoms with Crippen LogP contribution in [0.4, 0.5) is 0 Å². The summed E-state index contributed by atoms with van der Waals surface area (Å²) in [5, 5.41) is 27.3. The lowest BCUT2D eigenvalue weighted by Crippen LogP contribution is -2.37. The minimum atomic E-state index is -0.663. The van der Waals surface area contributed by atoms with Crippen molar-refractivity contribution in [2.75, 3.05) is 13.1 Å². The first-order valence-electron chi connectivity index (χ1n) is 18.6. The lowest BCUT2D eigenvalue weighted by atomic mass is 10.0. The van der Waals surface area contributed by atoms with E-state index in [-0.39, 0.29) is 17.8 Å². The number of carbonyl (C=O) groups is 2. The summed E-state index contributed by atoms with van der Waals surface area (Å²) in [4.78, 5) is 25.6. The van der Waals surface area contributed by atoms with Gasteiger partial charge in [0.05, 0.1) is 17.3 Å². The van der Waals surface area contributed by atoms with Crippen LogP contribution in [0.1, 0.15) is 58.3 Å². The van der Waals surface area contributed by atoms with E-state index in [2.05, 4.69) is 74.2 Å². The number of hydrogen-bond donors (Lipinski definition) is 4. The van der Waals surface area contributed by atoms with Crippen LogP contribution in [0.2, 0.25) is 0 Å². The van der Waals surface area contributed by atoms with Crippen LogP contribution >= 0.6 is 0 Å². The second-order valence-corrected chi connectivity index (χ2v) is 14.3. The van der Waals surface area contributed by atoms with Crippen LogP contribution in [-0.4, -0.2) is 55.4 Å². The smallest absolute Gasteiger partial charge is 0.307 e. The molecule has 4 N–H and O–H groups in total. The number of benzene rings is 4. The van der Waals surface area contributed by atoms with Crippen molar-refractivity contribution in [3.05, 3.63) is 155 Å². The number of carboxylic acid groups (broad SMARTS) is 1. The Kier molecular flexibility index (Phi) is 9.99. The van der Waals surface area contributed by atoms with Crippen LogP contribution in [-0.2, 0) is 35.5 Å². The molecule has 53 heavy (non-hydrogen) atoms. The van der Waals surface area contributed by atoms with Gasteiger partial charge in [-0.15, -0.1) is 0 Å². The predicted molar refractivity (Wildman–Crippen MR) is 205 cm³/mol. The van der Waals surface area contributed by atoms with Crippen molar-refractivity contribution in [1.82, 2.24) is 30.6 Å². The molecule has 4 heterocycles. The zero-order valence-corrected chi connectivity index (χ0v) is 29.6. The Bertz CT molecular complexity index is 2150. The van der Waals surface area contributed by atoms with Gasteiger partial charge in [0.1, 0.15) is 0 Å². The van der Waals surface area contributed by atoms with Crippen LogP contribution in [0, 0.1) is 11.8 Å². The molecule has 0 radical (unpaired) electrons. The first-order valence-corrected chi connectivity index (χ1v) is 18.6. The molecule has 9 heteroatoms. The Hall–Kier alpha value is -5.80. The van der Waals surface area contributed by atoms with Gasteiger partial charge in [-0.1, -0.05) is 121 Å². The first kappa shape index (κ1) is 34.3. The lowest BCUT2D eigenvalue weighted by molar-refractivity contribution is -0.138. The molecule has 2 aromatic heterocycles. The fourth-order valence-electron chi connectivity index (χ4n) is 7.69. The topological polar surface area (TPSA) is 127 Å². The number of amides is 1. The minimum Gasteiger partial charge on any atom is -0.481 e. The molecule has 2 aliphatic heterocycles. The van der Waals surface area contributed by atoms with Gasteiger partial charge in [-0.2, -0.15) is 10.2 Å². The van der Waals surface area contributed by atoms with Gasteiger partial charge >= 0.3 is 5.97 Å². The van der Waals surface area contributed by atoms with Crippen LogP contribution in [0.25, 0.3) is 22.5 Å². The third-order valence-corrected chi connectivity index (χ3v) is 10.8. The lowest BCUT2D eigenvalue weighted by Gasteiger charge is -2.27. The molecule has 268 valence electrons. The molecule has 9 nitrogen and oxygen atoms in total. The highest BCUT2D eigenvalue weighted by Gasteiger charge is 2.46. The third kappa shape index (κ3) is 7.71. The third-order valence-electron chi connectivity index (χ3n) is 10.8. The van der Waals surface area contributed by atoms with Gasteiger partial charge in [0, 0.05) is 78.6 Å². The van der Waals surface area contributed by atoms with Crippen LogP contribution in [0.5, 0.6) is 0 Å². The summed E-state index contributed by atoms with van der Waals surface area (Å²) in [7, 11) is 0. The normalized spacial score (nSPS) is 20.7. The van der Waals surface area contributed by atoms with E-state index in [0.29, 0.717) is 18.4 Å². The predicted octanol–water partition coefficient (Wildman–Crippen LogP) is 7.36. The molecule has 2 saturated carbocycles. The fraction of sp³-hybridized carbons (Fsp3) is 0.273. The second-order valence-electron chi connectivity index (χ2n) is 14.3. The van der Waals surface area contributed by atoms with E-state index < -0.39 is 5.97 Å². The number of nitrogens with one attached hydrogen (secondary N) is 3. The number of aliphatic carboxylic acids is 1. The van der Waals surface area contributed by atoms with Gasteiger partial charge in [-0.05, 0) is 35.8 Å². The Balaban J connectivity index is 0.000000125. The van der Waals surface area contributed by atoms with Gasteiger partial charge in [0.25, 0.3) is 0 Å². The zero-order valence-electron chi connectivity index (χ0n) is 29.6. The number of hydrogen-bond acceptors (Lipinski definition) is 5. The van der Waals surface area contributed by atoms with Gasteiger partial charge in [-0.3, -0.25) is 19.8 Å². The summed E-state index contributed by atoms with van der Waals surface area (Å²) in [5.74, 6) is 0.304. The number of fused-ring (bicyclic) bond motifs is 2. The number of rotatable bonds is 6. The minimum absolute atomic E-state index is 0.132. The average molecular weight is 705 g/mol. The van der Waals surface area contributed by atoms with Gasteiger partial charge in [0.15, 0.2) is 0 Å². The van der Waals surface area contributed by atoms with Crippen molar-refractivity contribution >= 4 is 11.9 Å². The largest absolute Gasteiger partial charge is 0.481 e. The van der Waals surface area contributed by atoms with E-state index in [1.807, 2.05) is 77.7 Å². The summed E-state index contributed by atoms with van der Waals surface area (Å²) >= 11 is 0. The second kappa shape index (κ2) is 15.4. The zero-order chi connectivity index (χ0) is 36.1. The summed E-state index contributed by atoms with van der Waals surface area (Å²) < 4.78 is 0. The van der Waals surface area contributed by atoms with Crippen molar-refractivity contribution in [2.24, 2.45) is 11.8 Å². The molecule has 4 aromatic carbocycles. The number of aromatic nitrogens is 4. The average Bonchev–Trinajstić information content (AvgIpc) is 4.13. The molecule has 4 aliphatic rings. The number of aromatic amines is 2. The Morgan fingerprint density at radius 3 is 1.66 bits per heavy atom. The van der Waals surface area contributed by atoms with E-state index in [9.17, 15) is 9.59 Å². The van der Waals surface area contributed by atoms with Crippen LogP contribution < -0.4 is 5.32 Å². The van der Waals surface area contributed by atoms with E-state index in [0.717, 1.165) is 67.8 Å². The molecule has 1 amide bonds. The number of nitrogens with zero attached hydrogens (tertiary/aromatic N) is 3. The molecular formula is C44H44N6O3. The highest BCUT2D eigenvalue weighted by molar-refractivity contribution is 5.83. The Morgan fingerprint density at radius 1 is 0.623 bits per heavy atom. The molecule has 0 spiro atoms. The van der Waals surface area contributed by atoms with Gasteiger partial charge in [0.2, 0.25) is 5.91 Å². The van der Waals surface area contributed by atoms with Crippen molar-refractivity contribution < 1.29 is 14.7 Å². The maximum atomic E-state index is 13.0. The summed E-state index contributed by atoms with van der Waals surface area (Å²) in [6.07, 6.45) is 3.68. The van der Waals surface area contributed by atoms with Crippen molar-refractivity contribution in [3.8, 4) is 22.5 Å². The first-order chi connectivity index (χ1) is 26.0. The quantitative estimate of drug-likeness (QED) is 0.144. The Labute approximate surface area is 309 Å². The van der Waals surface area contributed by atoms with E-state index >= 15 is 0 Å². The molecule has 0 saturated heterocycles. The molecular weight excluding hydrogens is 661 g/mol. The monoisotopic (exact) mass is 704 g/mol. The van der Waals surface area contributed by atoms with E-state index in [1.165, 1.54) is 33.6 Å². The highest BCUT2D eigenvalue weighted by Crippen LogP contribution is 2.49. The maximum absolute atomic E-state index is 13.0. The van der Waals surface area contributed by atoms with Crippen molar-refractivity contribution in [2.45, 2.75) is 50.6 Å². The Morgan fingerprint density at radius 2 is 1.11 bits per heavy atom. The fourth-order valence-corrected chi connectivity index (χ4v) is 7.69. The number of H-pyrrole nitrogens is 2. The number of carboxylic acids is 1. The molecule has 4 atom stereocenters. The van der Waals surface area contributed by atoms with Gasteiger partial charge < -0.3 is 15.3 Å². The summed E-state index contributed by atoms with van der Waals surface area (Å²) in [6.45, 7) is 3.41. The molecule has 0 bridgehead atoms. The van der Waals surface area contributed by atoms with E-state index in [1.54, 1.807) is 0 Å². The maximum Gasteiger partial charge on any atom is 0.307 e. The molecule has 1 unspecified atom stereocenters. The highest BCUT2D eigenvalue weighted by atomic mass is 16.4. The van der Waals surface area contributed by atoms with Crippen LogP contribution in [0.15, 0.2) is 121 Å².